The zero-order chi connectivity index (χ0) is 12.4. The molecule has 0 saturated carbocycles. The number of carbonyl (C=O) groups is 1. The van der Waals surface area contributed by atoms with Gasteiger partial charge in [-0.25, -0.2) is 4.98 Å². The highest BCUT2D eigenvalue weighted by Gasteiger charge is 2.11. The van der Waals surface area contributed by atoms with Crippen LogP contribution in [0.15, 0.2) is 22.7 Å². The van der Waals surface area contributed by atoms with Crippen LogP contribution < -0.4 is 0 Å². The number of nitrogens with one attached hydrogen (secondary N) is 1. The SMILES string of the molecule is CC(CC(=O)O)Cc1nc2ccc(Br)cc2[nH]1. The highest BCUT2D eigenvalue weighted by atomic mass is 79.9. The number of fused-ring (bicyclic) bond motifs is 1. The van der Waals surface area contributed by atoms with Crippen molar-refractivity contribution >= 4 is 32.9 Å². The molecule has 4 nitrogen and oxygen atoms in total. The molecule has 1 atom stereocenters. The maximum absolute atomic E-state index is 10.6. The van der Waals surface area contributed by atoms with Crippen LogP contribution >= 0.6 is 15.9 Å². The molecule has 0 amide bonds. The zero-order valence-corrected chi connectivity index (χ0v) is 11.0. The van der Waals surface area contributed by atoms with E-state index in [0.29, 0.717) is 6.42 Å². The second-order valence-corrected chi connectivity index (χ2v) is 5.17. The Morgan fingerprint density at radius 2 is 2.35 bits per heavy atom. The van der Waals surface area contributed by atoms with Crippen LogP contribution in [0, 0.1) is 5.92 Å². The van der Waals surface area contributed by atoms with E-state index in [0.717, 1.165) is 21.3 Å². The number of nitrogens with zero attached hydrogens (tertiary/aromatic N) is 1. The maximum atomic E-state index is 10.6. The Kier molecular flexibility index (Phi) is 3.47. The van der Waals surface area contributed by atoms with Gasteiger partial charge in [-0.3, -0.25) is 4.79 Å². The Labute approximate surface area is 107 Å². The molecule has 0 fully saturated rings. The summed E-state index contributed by atoms with van der Waals surface area (Å²) in [6.07, 6.45) is 0.819. The zero-order valence-electron chi connectivity index (χ0n) is 9.40. The summed E-state index contributed by atoms with van der Waals surface area (Å²) in [6, 6.07) is 5.84. The van der Waals surface area contributed by atoms with Crippen LogP contribution in [0.4, 0.5) is 0 Å². The van der Waals surface area contributed by atoms with Gasteiger partial charge in [0.25, 0.3) is 0 Å². The summed E-state index contributed by atoms with van der Waals surface area (Å²) >= 11 is 3.40. The van der Waals surface area contributed by atoms with Crippen LogP contribution in [-0.2, 0) is 11.2 Å². The molecule has 2 aromatic rings. The van der Waals surface area contributed by atoms with Crippen molar-refractivity contribution in [3.05, 3.63) is 28.5 Å². The van der Waals surface area contributed by atoms with Crippen molar-refractivity contribution in [2.75, 3.05) is 0 Å². The van der Waals surface area contributed by atoms with Crippen LogP contribution in [-0.4, -0.2) is 21.0 Å². The lowest BCUT2D eigenvalue weighted by atomic mass is 10.0. The highest BCUT2D eigenvalue weighted by Crippen LogP contribution is 2.19. The lowest BCUT2D eigenvalue weighted by molar-refractivity contribution is -0.137. The van der Waals surface area contributed by atoms with Gasteiger partial charge >= 0.3 is 5.97 Å². The molecule has 2 N–H and O–H groups in total. The molecule has 1 aromatic heterocycles. The smallest absolute Gasteiger partial charge is 0.303 e. The first-order valence-electron chi connectivity index (χ1n) is 5.40. The third-order valence-electron chi connectivity index (χ3n) is 2.56. The summed E-state index contributed by atoms with van der Waals surface area (Å²) < 4.78 is 0.999. The van der Waals surface area contributed by atoms with Gasteiger partial charge in [-0.1, -0.05) is 22.9 Å². The molecule has 5 heteroatoms. The van der Waals surface area contributed by atoms with E-state index in [9.17, 15) is 4.79 Å². The van der Waals surface area contributed by atoms with Crippen LogP contribution in [0.25, 0.3) is 11.0 Å². The minimum absolute atomic E-state index is 0.0801. The first-order chi connectivity index (χ1) is 8.04. The van der Waals surface area contributed by atoms with Crippen molar-refractivity contribution < 1.29 is 9.90 Å². The van der Waals surface area contributed by atoms with Gasteiger partial charge < -0.3 is 10.1 Å². The van der Waals surface area contributed by atoms with E-state index in [2.05, 4.69) is 25.9 Å². The molecule has 2 rings (SSSR count). The van der Waals surface area contributed by atoms with E-state index in [1.807, 2.05) is 25.1 Å². The second-order valence-electron chi connectivity index (χ2n) is 4.25. The fourth-order valence-electron chi connectivity index (χ4n) is 1.83. The molecule has 0 aliphatic rings. The molecular weight excluding hydrogens is 284 g/mol. The van der Waals surface area contributed by atoms with Crippen molar-refractivity contribution in [3.63, 3.8) is 0 Å². The lowest BCUT2D eigenvalue weighted by Gasteiger charge is -2.04. The number of rotatable bonds is 4. The minimum atomic E-state index is -0.767. The number of carboxylic acids is 1. The van der Waals surface area contributed by atoms with Crippen molar-refractivity contribution in [1.29, 1.82) is 0 Å². The van der Waals surface area contributed by atoms with E-state index in [1.165, 1.54) is 0 Å². The van der Waals surface area contributed by atoms with Crippen LogP contribution in [0.3, 0.4) is 0 Å². The van der Waals surface area contributed by atoms with Gasteiger partial charge in [0.05, 0.1) is 11.0 Å². The molecule has 90 valence electrons. The summed E-state index contributed by atoms with van der Waals surface area (Å²) in [7, 11) is 0. The normalized spacial score (nSPS) is 12.8. The Balaban J connectivity index is 2.16. The van der Waals surface area contributed by atoms with Crippen molar-refractivity contribution in [2.24, 2.45) is 5.92 Å². The average molecular weight is 297 g/mol. The summed E-state index contributed by atoms with van der Waals surface area (Å²) in [5, 5.41) is 8.70. The second kappa shape index (κ2) is 4.87. The van der Waals surface area contributed by atoms with E-state index in [1.54, 1.807) is 0 Å². The average Bonchev–Trinajstić information content (AvgIpc) is 2.57. The Hall–Kier alpha value is -1.36. The lowest BCUT2D eigenvalue weighted by Crippen LogP contribution is -2.07. The largest absolute Gasteiger partial charge is 0.481 e. The number of halogens is 1. The number of aromatic amines is 1. The Morgan fingerprint density at radius 3 is 3.06 bits per heavy atom. The number of aliphatic carboxylic acids is 1. The van der Waals surface area contributed by atoms with Crippen molar-refractivity contribution in [1.82, 2.24) is 9.97 Å². The number of hydrogen-bond donors (Lipinski definition) is 2. The van der Waals surface area contributed by atoms with E-state index in [4.69, 9.17) is 5.11 Å². The van der Waals surface area contributed by atoms with E-state index in [-0.39, 0.29) is 12.3 Å². The van der Waals surface area contributed by atoms with Gasteiger partial charge in [0, 0.05) is 17.3 Å². The molecule has 1 aromatic carbocycles. The summed E-state index contributed by atoms with van der Waals surface area (Å²) in [5.74, 6) is 0.153. The number of imidazole rings is 1. The van der Waals surface area contributed by atoms with Crippen molar-refractivity contribution in [2.45, 2.75) is 19.8 Å². The third-order valence-corrected chi connectivity index (χ3v) is 3.05. The number of hydrogen-bond acceptors (Lipinski definition) is 2. The van der Waals surface area contributed by atoms with Crippen LogP contribution in [0.5, 0.6) is 0 Å². The molecule has 17 heavy (non-hydrogen) atoms. The molecule has 1 unspecified atom stereocenters. The minimum Gasteiger partial charge on any atom is -0.481 e. The molecular formula is C12H13BrN2O2. The van der Waals surface area contributed by atoms with Crippen molar-refractivity contribution in [3.8, 4) is 0 Å². The molecule has 1 heterocycles. The van der Waals surface area contributed by atoms with E-state index >= 15 is 0 Å². The molecule has 0 bridgehead atoms. The topological polar surface area (TPSA) is 66.0 Å². The summed E-state index contributed by atoms with van der Waals surface area (Å²) in [5.41, 5.74) is 1.88. The maximum Gasteiger partial charge on any atom is 0.303 e. The standard InChI is InChI=1S/C12H13BrN2O2/c1-7(5-12(16)17)4-11-14-9-3-2-8(13)6-10(9)15-11/h2-3,6-7H,4-5H2,1H3,(H,14,15)(H,16,17). The van der Waals surface area contributed by atoms with Gasteiger partial charge in [-0.15, -0.1) is 0 Å². The van der Waals surface area contributed by atoms with Gasteiger partial charge in [0.15, 0.2) is 0 Å². The third kappa shape index (κ3) is 3.06. The van der Waals surface area contributed by atoms with Gasteiger partial charge in [0.2, 0.25) is 0 Å². The number of carboxylic acid groups (broad SMARTS) is 1. The fourth-order valence-corrected chi connectivity index (χ4v) is 2.19. The van der Waals surface area contributed by atoms with Crippen LogP contribution in [0.1, 0.15) is 19.2 Å². The van der Waals surface area contributed by atoms with E-state index < -0.39 is 5.97 Å². The number of H-pyrrole nitrogens is 1. The monoisotopic (exact) mass is 296 g/mol. The highest BCUT2D eigenvalue weighted by molar-refractivity contribution is 9.10. The number of benzene rings is 1. The van der Waals surface area contributed by atoms with Gasteiger partial charge in [-0.05, 0) is 24.1 Å². The first kappa shape index (κ1) is 12.1. The Morgan fingerprint density at radius 1 is 1.59 bits per heavy atom. The molecule has 0 aliphatic heterocycles. The molecule has 0 saturated heterocycles. The van der Waals surface area contributed by atoms with Gasteiger partial charge in [0.1, 0.15) is 5.82 Å². The van der Waals surface area contributed by atoms with Gasteiger partial charge in [-0.2, -0.15) is 0 Å². The molecule has 0 radical (unpaired) electrons. The Bertz CT molecular complexity index is 550. The summed E-state index contributed by atoms with van der Waals surface area (Å²) in [4.78, 5) is 18.2. The quantitative estimate of drug-likeness (QED) is 0.911. The molecule has 0 spiro atoms. The summed E-state index contributed by atoms with van der Waals surface area (Å²) in [6.45, 7) is 1.91. The predicted molar refractivity (Wildman–Crippen MR) is 68.9 cm³/mol. The predicted octanol–water partition coefficient (Wildman–Crippen LogP) is 2.98. The first-order valence-corrected chi connectivity index (χ1v) is 6.20. The van der Waals surface area contributed by atoms with Crippen LogP contribution in [0.2, 0.25) is 0 Å². The molecule has 0 aliphatic carbocycles. The number of aromatic nitrogens is 2. The fraction of sp³-hybridized carbons (Fsp3) is 0.333.